The molecule has 2 aromatic rings. The van der Waals surface area contributed by atoms with E-state index in [9.17, 15) is 4.79 Å². The summed E-state index contributed by atoms with van der Waals surface area (Å²) in [5, 5.41) is 0. The van der Waals surface area contributed by atoms with Gasteiger partial charge in [0.1, 0.15) is 0 Å². The first-order chi connectivity index (χ1) is 9.56. The molecule has 0 atom stereocenters. The average molecular weight is 392 g/mol. The van der Waals surface area contributed by atoms with Crippen LogP contribution >= 0.6 is 31.9 Å². The average Bonchev–Trinajstić information content (AvgIpc) is 2.73. The lowest BCUT2D eigenvalue weighted by Crippen LogP contribution is -1.95. The minimum absolute atomic E-state index is 0.147. The third-order valence-corrected chi connectivity index (χ3v) is 5.23. The smallest absolute Gasteiger partial charge is 0.189 e. The van der Waals surface area contributed by atoms with Gasteiger partial charge in [0.15, 0.2) is 5.78 Å². The number of allylic oxidation sites excluding steroid dienone is 1. The highest BCUT2D eigenvalue weighted by molar-refractivity contribution is 9.11. The molecule has 2 aromatic carbocycles. The number of hydrogen-bond acceptors (Lipinski definition) is 1. The summed E-state index contributed by atoms with van der Waals surface area (Å²) in [5.74, 6) is 0.147. The van der Waals surface area contributed by atoms with E-state index in [-0.39, 0.29) is 5.78 Å². The van der Waals surface area contributed by atoms with E-state index in [1.807, 2.05) is 49.4 Å². The Morgan fingerprint density at radius 1 is 1.10 bits per heavy atom. The largest absolute Gasteiger partial charge is 0.289 e. The van der Waals surface area contributed by atoms with E-state index < -0.39 is 0 Å². The van der Waals surface area contributed by atoms with Crippen LogP contribution in [-0.2, 0) is 6.42 Å². The van der Waals surface area contributed by atoms with Gasteiger partial charge in [0, 0.05) is 26.5 Å². The van der Waals surface area contributed by atoms with Gasteiger partial charge in [-0.05, 0) is 41.8 Å². The fourth-order valence-electron chi connectivity index (χ4n) is 2.42. The quantitative estimate of drug-likeness (QED) is 0.599. The van der Waals surface area contributed by atoms with Gasteiger partial charge >= 0.3 is 0 Å². The number of carbonyl (C=O) groups is 1. The van der Waals surface area contributed by atoms with Crippen LogP contribution in [0.2, 0.25) is 0 Å². The first-order valence-electron chi connectivity index (χ1n) is 6.35. The summed E-state index contributed by atoms with van der Waals surface area (Å²) in [4.78, 5) is 12.3. The van der Waals surface area contributed by atoms with Crippen molar-refractivity contribution >= 4 is 43.7 Å². The molecule has 100 valence electrons. The summed E-state index contributed by atoms with van der Waals surface area (Å²) >= 11 is 7.09. The maximum atomic E-state index is 12.3. The highest BCUT2D eigenvalue weighted by Gasteiger charge is 2.23. The van der Waals surface area contributed by atoms with Gasteiger partial charge in [0.2, 0.25) is 0 Å². The van der Waals surface area contributed by atoms with E-state index in [4.69, 9.17) is 0 Å². The number of benzene rings is 2. The van der Waals surface area contributed by atoms with Crippen LogP contribution in [-0.4, -0.2) is 5.78 Å². The molecule has 1 nitrogen and oxygen atoms in total. The van der Waals surface area contributed by atoms with Crippen molar-refractivity contribution in [2.45, 2.75) is 13.3 Å². The maximum Gasteiger partial charge on any atom is 0.189 e. The summed E-state index contributed by atoms with van der Waals surface area (Å²) in [6.45, 7) is 2.04. The molecule has 0 saturated carbocycles. The minimum atomic E-state index is 0.147. The Hall–Kier alpha value is -1.19. The Bertz CT molecular complexity index is 721. The van der Waals surface area contributed by atoms with Gasteiger partial charge < -0.3 is 0 Å². The van der Waals surface area contributed by atoms with Gasteiger partial charge in [-0.1, -0.05) is 56.1 Å². The van der Waals surface area contributed by atoms with E-state index in [2.05, 4.69) is 31.9 Å². The Labute approximate surface area is 135 Å². The summed E-state index contributed by atoms with van der Waals surface area (Å²) in [6, 6.07) is 11.9. The highest BCUT2D eigenvalue weighted by atomic mass is 79.9. The third-order valence-electron chi connectivity index (χ3n) is 3.58. The van der Waals surface area contributed by atoms with Crippen LogP contribution in [0.5, 0.6) is 0 Å². The molecule has 0 unspecified atom stereocenters. The van der Waals surface area contributed by atoms with Crippen LogP contribution in [0.15, 0.2) is 50.9 Å². The Balaban J connectivity index is 2.02. The molecule has 0 aromatic heterocycles. The van der Waals surface area contributed by atoms with E-state index in [0.29, 0.717) is 0 Å². The molecule has 0 heterocycles. The van der Waals surface area contributed by atoms with Crippen molar-refractivity contribution in [1.29, 1.82) is 0 Å². The van der Waals surface area contributed by atoms with Crippen LogP contribution in [0.3, 0.4) is 0 Å². The zero-order valence-electron chi connectivity index (χ0n) is 10.9. The van der Waals surface area contributed by atoms with Crippen molar-refractivity contribution in [3.8, 4) is 0 Å². The summed E-state index contributed by atoms with van der Waals surface area (Å²) in [5.41, 5.74) is 5.01. The number of ketones is 1. The molecule has 0 bridgehead atoms. The molecule has 3 heteroatoms. The van der Waals surface area contributed by atoms with Gasteiger partial charge in [0.25, 0.3) is 0 Å². The van der Waals surface area contributed by atoms with E-state index >= 15 is 0 Å². The van der Waals surface area contributed by atoms with Crippen molar-refractivity contribution in [2.24, 2.45) is 0 Å². The molecular weight excluding hydrogens is 380 g/mol. The van der Waals surface area contributed by atoms with Crippen molar-refractivity contribution in [1.82, 2.24) is 0 Å². The fraction of sp³-hybridized carbons (Fsp3) is 0.118. The van der Waals surface area contributed by atoms with E-state index in [1.165, 1.54) is 0 Å². The molecule has 0 radical (unpaired) electrons. The van der Waals surface area contributed by atoms with Gasteiger partial charge in [-0.15, -0.1) is 0 Å². The van der Waals surface area contributed by atoms with Crippen LogP contribution in [0, 0.1) is 6.92 Å². The molecule has 0 N–H and O–H groups in total. The van der Waals surface area contributed by atoms with Gasteiger partial charge in [-0.3, -0.25) is 4.79 Å². The zero-order valence-corrected chi connectivity index (χ0v) is 14.1. The van der Waals surface area contributed by atoms with Gasteiger partial charge in [0.05, 0.1) is 0 Å². The number of Topliss-reactive ketones (excluding diaryl/α,β-unsaturated/α-hetero) is 1. The van der Waals surface area contributed by atoms with Gasteiger partial charge in [-0.25, -0.2) is 0 Å². The summed E-state index contributed by atoms with van der Waals surface area (Å²) < 4.78 is 2.09. The summed E-state index contributed by atoms with van der Waals surface area (Å²) in [7, 11) is 0. The molecule has 0 aliphatic heterocycles. The second-order valence-electron chi connectivity index (χ2n) is 4.94. The lowest BCUT2D eigenvalue weighted by atomic mass is 10.1. The van der Waals surface area contributed by atoms with Crippen LogP contribution in [0.1, 0.15) is 27.0 Å². The van der Waals surface area contributed by atoms with Crippen molar-refractivity contribution in [3.63, 3.8) is 0 Å². The lowest BCUT2D eigenvalue weighted by Gasteiger charge is -2.04. The topological polar surface area (TPSA) is 17.1 Å². The predicted octanol–water partition coefficient (Wildman–Crippen LogP) is 5.34. The second-order valence-corrected chi connectivity index (χ2v) is 6.65. The van der Waals surface area contributed by atoms with Crippen molar-refractivity contribution in [2.75, 3.05) is 0 Å². The minimum Gasteiger partial charge on any atom is -0.289 e. The van der Waals surface area contributed by atoms with Crippen LogP contribution in [0.4, 0.5) is 0 Å². The van der Waals surface area contributed by atoms with Crippen LogP contribution in [0.25, 0.3) is 6.08 Å². The molecule has 0 amide bonds. The lowest BCUT2D eigenvalue weighted by molar-refractivity contribution is 0.104. The Morgan fingerprint density at radius 3 is 2.40 bits per heavy atom. The maximum absolute atomic E-state index is 12.3. The number of rotatable bonds is 1. The highest BCUT2D eigenvalue weighted by Crippen LogP contribution is 2.31. The van der Waals surface area contributed by atoms with E-state index in [0.717, 1.165) is 43.2 Å². The summed E-state index contributed by atoms with van der Waals surface area (Å²) in [6.07, 6.45) is 2.70. The molecule has 0 fully saturated rings. The fourth-order valence-corrected chi connectivity index (χ4v) is 3.64. The third kappa shape index (κ3) is 2.40. The predicted molar refractivity (Wildman–Crippen MR) is 89.0 cm³/mol. The Kier molecular flexibility index (Phi) is 3.65. The van der Waals surface area contributed by atoms with E-state index in [1.54, 1.807) is 0 Å². The molecule has 20 heavy (non-hydrogen) atoms. The Morgan fingerprint density at radius 2 is 1.75 bits per heavy atom. The number of carbonyl (C=O) groups excluding carboxylic acids is 1. The first-order valence-corrected chi connectivity index (χ1v) is 7.93. The number of fused-ring (bicyclic) bond motifs is 1. The molecule has 0 saturated heterocycles. The van der Waals surface area contributed by atoms with Crippen molar-refractivity contribution < 1.29 is 4.79 Å². The molecule has 1 aliphatic carbocycles. The zero-order chi connectivity index (χ0) is 14.3. The standard InChI is InChI=1S/C17H12Br2O/c1-10-15(18)7-11(8-16(10)19)6-13-9-12-4-2-3-5-14(12)17(13)20/h2-8H,9H2,1H3/b13-6+. The molecule has 1 aliphatic rings. The second kappa shape index (κ2) is 5.30. The number of halogens is 2. The molecular formula is C17H12Br2O. The van der Waals surface area contributed by atoms with Crippen LogP contribution < -0.4 is 0 Å². The molecule has 0 spiro atoms. The monoisotopic (exact) mass is 390 g/mol. The SMILES string of the molecule is Cc1c(Br)cc(/C=C2\Cc3ccccc3C2=O)cc1Br. The molecule has 3 rings (SSSR count). The number of hydrogen-bond donors (Lipinski definition) is 0. The van der Waals surface area contributed by atoms with Gasteiger partial charge in [-0.2, -0.15) is 0 Å². The van der Waals surface area contributed by atoms with Crippen molar-refractivity contribution in [3.05, 3.63) is 73.2 Å². The normalized spacial score (nSPS) is 15.8. The first kappa shape index (κ1) is 13.8.